The molecule has 1 atom stereocenters. The molecule has 0 saturated carbocycles. The maximum atomic E-state index is 13.4. The second-order valence-electron chi connectivity index (χ2n) is 9.01. The molecule has 1 aliphatic carbocycles. The molecule has 34 heavy (non-hydrogen) atoms. The van der Waals surface area contributed by atoms with Crippen LogP contribution in [0.3, 0.4) is 0 Å². The number of nitrogens with zero attached hydrogens (tertiary/aromatic N) is 4. The fraction of sp³-hybridized carbons (Fsp3) is 0.583. The van der Waals surface area contributed by atoms with E-state index in [2.05, 4.69) is 27.1 Å². The van der Waals surface area contributed by atoms with Crippen molar-refractivity contribution in [2.24, 2.45) is 0 Å². The molecule has 2 aromatic rings. The highest BCUT2D eigenvalue weighted by atomic mass is 19.4. The van der Waals surface area contributed by atoms with Crippen LogP contribution in [0.4, 0.5) is 13.2 Å². The monoisotopic (exact) mass is 479 g/mol. The number of hydrogen-bond donors (Lipinski definition) is 1. The molecule has 4 rings (SSSR count). The average Bonchev–Trinajstić information content (AvgIpc) is 3.02. The van der Waals surface area contributed by atoms with Crippen LogP contribution in [0.15, 0.2) is 24.3 Å². The Bertz CT molecular complexity index is 1010. The third kappa shape index (κ3) is 5.72. The van der Waals surface area contributed by atoms with Gasteiger partial charge in [-0.15, -0.1) is 13.2 Å². The first-order chi connectivity index (χ1) is 16.2. The lowest BCUT2D eigenvalue weighted by Crippen LogP contribution is -2.37. The molecule has 1 fully saturated rings. The number of para-hydroxylation sites is 1. The summed E-state index contributed by atoms with van der Waals surface area (Å²) in [7, 11) is 2.07. The number of hydrogen-bond acceptors (Lipinski definition) is 5. The number of likely N-dealkylation sites (N-methyl/N-ethyl adjacent to an activating group) is 1. The Morgan fingerprint density at radius 2 is 2.00 bits per heavy atom. The Hall–Kier alpha value is -2.59. The summed E-state index contributed by atoms with van der Waals surface area (Å²) in [6.07, 6.45) is -1.59. The lowest BCUT2D eigenvalue weighted by molar-refractivity contribution is -0.274. The summed E-state index contributed by atoms with van der Waals surface area (Å²) < 4.78 is 44.3. The van der Waals surface area contributed by atoms with Gasteiger partial charge in [-0.05, 0) is 52.3 Å². The summed E-state index contributed by atoms with van der Waals surface area (Å²) in [5.41, 5.74) is 3.03. The average molecular weight is 480 g/mol. The molecule has 1 aromatic heterocycles. The van der Waals surface area contributed by atoms with Gasteiger partial charge in [-0.2, -0.15) is 5.10 Å². The van der Waals surface area contributed by atoms with E-state index in [9.17, 15) is 18.0 Å². The van der Waals surface area contributed by atoms with Gasteiger partial charge in [0.25, 0.3) is 5.91 Å². The Labute approximate surface area is 197 Å². The van der Waals surface area contributed by atoms with Gasteiger partial charge in [0.2, 0.25) is 0 Å². The minimum atomic E-state index is -4.73. The molecule has 0 bridgehead atoms. The van der Waals surface area contributed by atoms with Crippen LogP contribution in [0.2, 0.25) is 0 Å². The van der Waals surface area contributed by atoms with E-state index in [4.69, 9.17) is 0 Å². The second-order valence-corrected chi connectivity index (χ2v) is 9.01. The zero-order valence-corrected chi connectivity index (χ0v) is 19.7. The number of carbonyl (C=O) groups excluding carboxylic acids is 1. The summed E-state index contributed by atoms with van der Waals surface area (Å²) in [4.78, 5) is 17.5. The summed E-state index contributed by atoms with van der Waals surface area (Å²) in [6, 6.07) is 6.20. The predicted octanol–water partition coefficient (Wildman–Crippen LogP) is 3.23. The Kier molecular flexibility index (Phi) is 7.47. The normalized spacial score (nSPS) is 19.6. The molecular formula is C24H32F3N5O2. The van der Waals surface area contributed by atoms with Crippen LogP contribution in [-0.2, 0) is 25.9 Å². The van der Waals surface area contributed by atoms with Gasteiger partial charge in [-0.25, -0.2) is 0 Å². The molecular weight excluding hydrogens is 447 g/mol. The van der Waals surface area contributed by atoms with E-state index in [1.54, 1.807) is 12.1 Å². The van der Waals surface area contributed by atoms with Crippen molar-refractivity contribution in [1.29, 1.82) is 0 Å². The van der Waals surface area contributed by atoms with Crippen LogP contribution in [0.5, 0.6) is 5.75 Å². The fourth-order valence-electron chi connectivity index (χ4n) is 4.82. The number of amides is 1. The zero-order chi connectivity index (χ0) is 24.3. The van der Waals surface area contributed by atoms with Gasteiger partial charge in [0.15, 0.2) is 5.69 Å². The van der Waals surface area contributed by atoms with E-state index >= 15 is 0 Å². The lowest BCUT2D eigenvalue weighted by Gasteiger charge is -2.26. The van der Waals surface area contributed by atoms with Crippen LogP contribution >= 0.6 is 0 Å². The highest BCUT2D eigenvalue weighted by Crippen LogP contribution is 2.29. The number of fused-ring (bicyclic) bond motifs is 1. The van der Waals surface area contributed by atoms with Crippen molar-refractivity contribution in [3.8, 4) is 5.75 Å². The van der Waals surface area contributed by atoms with Gasteiger partial charge in [0.1, 0.15) is 5.75 Å². The number of aromatic nitrogens is 2. The van der Waals surface area contributed by atoms with Crippen LogP contribution in [-0.4, -0.2) is 71.1 Å². The van der Waals surface area contributed by atoms with Crippen molar-refractivity contribution < 1.29 is 22.7 Å². The minimum absolute atomic E-state index is 0.0247. The molecule has 10 heteroatoms. The van der Waals surface area contributed by atoms with Gasteiger partial charge in [-0.3, -0.25) is 9.48 Å². The van der Waals surface area contributed by atoms with Crippen LogP contribution in [0, 0.1) is 0 Å². The van der Waals surface area contributed by atoms with Gasteiger partial charge >= 0.3 is 6.36 Å². The highest BCUT2D eigenvalue weighted by Gasteiger charge is 2.33. The molecule has 186 valence electrons. The standard InChI is InChI=1S/C24H32F3N5O2/c1-3-32-20-10-9-18(28-16-17-7-4-5-8-21(17)34-24(25,26)27)15-19(20)22(29-32)23(33)31-12-6-11-30(2)13-14-31/h4-5,7-8,18,28H,3,6,9-16H2,1-2H3. The van der Waals surface area contributed by atoms with E-state index in [0.717, 1.165) is 43.6 Å². The molecule has 1 unspecified atom stereocenters. The number of aryl methyl sites for hydroxylation is 1. The smallest absolute Gasteiger partial charge is 0.405 e. The Morgan fingerprint density at radius 1 is 1.21 bits per heavy atom. The lowest BCUT2D eigenvalue weighted by atomic mass is 9.90. The number of rotatable bonds is 6. The molecule has 1 N–H and O–H groups in total. The van der Waals surface area contributed by atoms with Gasteiger partial charge in [-0.1, -0.05) is 18.2 Å². The Balaban J connectivity index is 1.48. The Morgan fingerprint density at radius 3 is 2.76 bits per heavy atom. The van der Waals surface area contributed by atoms with E-state index in [1.165, 1.54) is 12.1 Å². The third-order valence-electron chi connectivity index (χ3n) is 6.63. The largest absolute Gasteiger partial charge is 0.573 e. The number of nitrogens with one attached hydrogen (secondary N) is 1. The summed E-state index contributed by atoms with van der Waals surface area (Å²) in [5, 5.41) is 8.06. The second kappa shape index (κ2) is 10.4. The zero-order valence-electron chi connectivity index (χ0n) is 19.7. The third-order valence-corrected chi connectivity index (χ3v) is 6.63. The molecule has 2 heterocycles. The molecule has 0 radical (unpaired) electrons. The maximum Gasteiger partial charge on any atom is 0.573 e. The van der Waals surface area contributed by atoms with Crippen molar-refractivity contribution in [2.75, 3.05) is 33.2 Å². The molecule has 1 aliphatic heterocycles. The highest BCUT2D eigenvalue weighted by molar-refractivity contribution is 5.94. The van der Waals surface area contributed by atoms with Crippen molar-refractivity contribution in [3.63, 3.8) is 0 Å². The fourth-order valence-corrected chi connectivity index (χ4v) is 4.82. The number of ether oxygens (including phenoxy) is 1. The van der Waals surface area contributed by atoms with Crippen LogP contribution in [0.25, 0.3) is 0 Å². The first kappa shape index (κ1) is 24.5. The topological polar surface area (TPSA) is 62.6 Å². The quantitative estimate of drug-likeness (QED) is 0.690. The van der Waals surface area contributed by atoms with E-state index in [0.29, 0.717) is 37.3 Å². The van der Waals surface area contributed by atoms with E-state index in [1.807, 2.05) is 16.5 Å². The molecule has 1 aromatic carbocycles. The molecule has 1 saturated heterocycles. The van der Waals surface area contributed by atoms with Gasteiger partial charge in [0.05, 0.1) is 0 Å². The minimum Gasteiger partial charge on any atom is -0.405 e. The summed E-state index contributed by atoms with van der Waals surface area (Å²) >= 11 is 0. The molecule has 7 nitrogen and oxygen atoms in total. The van der Waals surface area contributed by atoms with Crippen LogP contribution in [0.1, 0.15) is 47.1 Å². The number of alkyl halides is 3. The SMILES string of the molecule is CCn1nc(C(=O)N2CCCN(C)CC2)c2c1CCC(NCc1ccccc1OC(F)(F)F)C2. The number of carbonyl (C=O) groups is 1. The number of halogens is 3. The van der Waals surface area contributed by atoms with Gasteiger partial charge in [0, 0.05) is 55.6 Å². The summed E-state index contributed by atoms with van der Waals surface area (Å²) in [5.74, 6) is -0.219. The van der Waals surface area contributed by atoms with Crippen molar-refractivity contribution in [1.82, 2.24) is 24.9 Å². The van der Waals surface area contributed by atoms with Crippen molar-refractivity contribution >= 4 is 5.91 Å². The first-order valence-electron chi connectivity index (χ1n) is 11.9. The number of benzene rings is 1. The van der Waals surface area contributed by atoms with E-state index in [-0.39, 0.29) is 24.2 Å². The van der Waals surface area contributed by atoms with Crippen LogP contribution < -0.4 is 10.1 Å². The first-order valence-corrected chi connectivity index (χ1v) is 11.9. The summed E-state index contributed by atoms with van der Waals surface area (Å²) in [6.45, 7) is 6.16. The molecule has 0 spiro atoms. The van der Waals surface area contributed by atoms with Crippen molar-refractivity contribution in [3.05, 3.63) is 46.8 Å². The molecule has 2 aliphatic rings. The van der Waals surface area contributed by atoms with Crippen molar-refractivity contribution in [2.45, 2.75) is 58.1 Å². The van der Waals surface area contributed by atoms with Gasteiger partial charge < -0.3 is 19.9 Å². The molecule has 1 amide bonds. The predicted molar refractivity (Wildman–Crippen MR) is 122 cm³/mol. The van der Waals surface area contributed by atoms with E-state index < -0.39 is 6.36 Å². The maximum absolute atomic E-state index is 13.4.